The Labute approximate surface area is 56.5 Å². The topological polar surface area (TPSA) is 40.5 Å². The van der Waals surface area contributed by atoms with E-state index in [0.717, 1.165) is 32.1 Å². The van der Waals surface area contributed by atoms with Crippen LogP contribution in [-0.2, 0) is 0 Å². The van der Waals surface area contributed by atoms with Crippen molar-refractivity contribution in [3.8, 4) is 0 Å². The van der Waals surface area contributed by atoms with E-state index in [-0.39, 0.29) is 0 Å². The minimum absolute atomic E-state index is 0.769. The standard InChI is InChI=1S/C7H14O2/c8-6-4-2-1-3-5-7-9/h6-9H,1-5H2. The summed E-state index contributed by atoms with van der Waals surface area (Å²) in [5, 5.41) is 16.5. The monoisotopic (exact) mass is 130 g/mol. The zero-order chi connectivity index (χ0) is 6.95. The van der Waals surface area contributed by atoms with Crippen LogP contribution in [0.1, 0.15) is 32.1 Å². The number of aliphatic hydroxyl groups is 2. The molecule has 0 aliphatic rings. The first-order valence-corrected chi connectivity index (χ1v) is 3.33. The fourth-order valence-corrected chi connectivity index (χ4v) is 0.648. The summed E-state index contributed by atoms with van der Waals surface area (Å²) in [6, 6.07) is 0. The van der Waals surface area contributed by atoms with Crippen LogP contribution in [0, 0.1) is 13.2 Å². The van der Waals surface area contributed by atoms with Gasteiger partial charge in [0.25, 0.3) is 0 Å². The molecular weight excluding hydrogens is 116 g/mol. The molecule has 0 aromatic carbocycles. The van der Waals surface area contributed by atoms with Gasteiger partial charge in [0.05, 0.1) is 13.2 Å². The summed E-state index contributed by atoms with van der Waals surface area (Å²) < 4.78 is 0. The molecule has 0 atom stereocenters. The summed E-state index contributed by atoms with van der Waals surface area (Å²) in [6.07, 6.45) is 4.65. The average Bonchev–Trinajstić information content (AvgIpc) is 1.89. The van der Waals surface area contributed by atoms with Crippen molar-refractivity contribution in [3.05, 3.63) is 13.2 Å². The first kappa shape index (κ1) is 8.92. The van der Waals surface area contributed by atoms with E-state index in [1.54, 1.807) is 0 Å². The fourth-order valence-electron chi connectivity index (χ4n) is 0.648. The Morgan fingerprint density at radius 1 is 0.778 bits per heavy atom. The van der Waals surface area contributed by atoms with Gasteiger partial charge in [0.1, 0.15) is 0 Å². The van der Waals surface area contributed by atoms with Gasteiger partial charge >= 0.3 is 0 Å². The lowest BCUT2D eigenvalue weighted by Crippen LogP contribution is -1.79. The lowest BCUT2D eigenvalue weighted by atomic mass is 10.2. The lowest BCUT2D eigenvalue weighted by Gasteiger charge is -1.94. The highest BCUT2D eigenvalue weighted by Crippen LogP contribution is 2.03. The molecule has 9 heavy (non-hydrogen) atoms. The zero-order valence-electron chi connectivity index (χ0n) is 5.58. The van der Waals surface area contributed by atoms with E-state index in [9.17, 15) is 0 Å². The van der Waals surface area contributed by atoms with Crippen LogP contribution in [0.25, 0.3) is 0 Å². The third-order valence-corrected chi connectivity index (χ3v) is 1.17. The van der Waals surface area contributed by atoms with E-state index in [1.165, 1.54) is 13.2 Å². The molecule has 0 fully saturated rings. The summed E-state index contributed by atoms with van der Waals surface area (Å²) in [7, 11) is 0. The first-order valence-electron chi connectivity index (χ1n) is 3.33. The maximum absolute atomic E-state index is 8.24. The Kier molecular flexibility index (Phi) is 7.85. The number of aliphatic hydroxyl groups excluding tert-OH is 2. The highest BCUT2D eigenvalue weighted by molar-refractivity contribution is 4.51. The minimum atomic E-state index is 0.769. The van der Waals surface area contributed by atoms with E-state index in [0.29, 0.717) is 0 Å². The molecule has 0 amide bonds. The Bertz CT molecular complexity index is 40.2. The molecular formula is C7H14O2. The van der Waals surface area contributed by atoms with E-state index >= 15 is 0 Å². The first-order chi connectivity index (χ1) is 4.41. The predicted octanol–water partition coefficient (Wildman–Crippen LogP) is 2.01. The van der Waals surface area contributed by atoms with Crippen molar-refractivity contribution in [2.24, 2.45) is 0 Å². The number of hydrogen-bond acceptors (Lipinski definition) is 2. The zero-order valence-corrected chi connectivity index (χ0v) is 5.58. The van der Waals surface area contributed by atoms with Crippen molar-refractivity contribution in [3.63, 3.8) is 0 Å². The third kappa shape index (κ3) is 7.92. The van der Waals surface area contributed by atoms with Gasteiger partial charge in [-0.25, -0.2) is 0 Å². The number of hydrogen-bond donors (Lipinski definition) is 2. The summed E-state index contributed by atoms with van der Waals surface area (Å²) in [4.78, 5) is 0. The molecule has 2 N–H and O–H groups in total. The maximum Gasteiger partial charge on any atom is 0.0799 e. The summed E-state index contributed by atoms with van der Waals surface area (Å²) in [5.74, 6) is 0. The highest BCUT2D eigenvalue weighted by Gasteiger charge is 1.87. The molecule has 2 nitrogen and oxygen atoms in total. The van der Waals surface area contributed by atoms with Crippen LogP contribution in [0.15, 0.2) is 0 Å². The molecule has 0 aliphatic carbocycles. The van der Waals surface area contributed by atoms with Gasteiger partial charge in [-0.15, -0.1) is 0 Å². The second kappa shape index (κ2) is 7.92. The predicted molar refractivity (Wildman–Crippen MR) is 35.6 cm³/mol. The van der Waals surface area contributed by atoms with E-state index in [1.807, 2.05) is 0 Å². The van der Waals surface area contributed by atoms with E-state index < -0.39 is 0 Å². The lowest BCUT2D eigenvalue weighted by molar-refractivity contribution is 0.356. The van der Waals surface area contributed by atoms with Crippen LogP contribution in [0.4, 0.5) is 0 Å². The van der Waals surface area contributed by atoms with Gasteiger partial charge < -0.3 is 10.2 Å². The van der Waals surface area contributed by atoms with Gasteiger partial charge in [0.15, 0.2) is 0 Å². The molecule has 0 saturated heterocycles. The summed E-state index contributed by atoms with van der Waals surface area (Å²) in [6.45, 7) is 2.37. The van der Waals surface area contributed by atoms with E-state index in [2.05, 4.69) is 0 Å². The van der Waals surface area contributed by atoms with Crippen molar-refractivity contribution in [1.82, 2.24) is 0 Å². The molecule has 0 bridgehead atoms. The third-order valence-electron chi connectivity index (χ3n) is 1.17. The number of unbranched alkanes of at least 4 members (excludes halogenated alkanes) is 4. The Morgan fingerprint density at radius 3 is 1.56 bits per heavy atom. The Balaban J connectivity index is 2.60. The van der Waals surface area contributed by atoms with Crippen molar-refractivity contribution in [2.45, 2.75) is 32.1 Å². The van der Waals surface area contributed by atoms with Crippen molar-refractivity contribution in [1.29, 1.82) is 0 Å². The van der Waals surface area contributed by atoms with Crippen LogP contribution >= 0.6 is 0 Å². The summed E-state index contributed by atoms with van der Waals surface area (Å²) in [5.41, 5.74) is 0. The van der Waals surface area contributed by atoms with Gasteiger partial charge in [-0.2, -0.15) is 0 Å². The SMILES string of the molecule is O[CH]CCCCC[CH]O. The molecule has 2 radical (unpaired) electrons. The van der Waals surface area contributed by atoms with Crippen LogP contribution in [-0.4, -0.2) is 10.2 Å². The van der Waals surface area contributed by atoms with Gasteiger partial charge in [-0.05, 0) is 12.8 Å². The molecule has 0 heterocycles. The highest BCUT2D eigenvalue weighted by atomic mass is 16.3. The van der Waals surface area contributed by atoms with Crippen LogP contribution < -0.4 is 0 Å². The van der Waals surface area contributed by atoms with Crippen molar-refractivity contribution >= 4 is 0 Å². The molecule has 0 aliphatic heterocycles. The normalized spacial score (nSPS) is 10.0. The van der Waals surface area contributed by atoms with Gasteiger partial charge in [0.2, 0.25) is 0 Å². The molecule has 0 unspecified atom stereocenters. The van der Waals surface area contributed by atoms with Gasteiger partial charge in [0, 0.05) is 0 Å². The molecule has 0 aromatic heterocycles. The van der Waals surface area contributed by atoms with Crippen LogP contribution in [0.2, 0.25) is 0 Å². The van der Waals surface area contributed by atoms with E-state index in [4.69, 9.17) is 10.2 Å². The van der Waals surface area contributed by atoms with Crippen molar-refractivity contribution in [2.75, 3.05) is 0 Å². The van der Waals surface area contributed by atoms with Crippen molar-refractivity contribution < 1.29 is 10.2 Å². The second-order valence-corrected chi connectivity index (χ2v) is 2.00. The minimum Gasteiger partial charge on any atom is -0.390 e. The molecule has 0 spiro atoms. The average molecular weight is 130 g/mol. The van der Waals surface area contributed by atoms with Gasteiger partial charge in [-0.3, -0.25) is 0 Å². The largest absolute Gasteiger partial charge is 0.390 e. The molecule has 2 heteroatoms. The quantitative estimate of drug-likeness (QED) is 0.540. The maximum atomic E-state index is 8.24. The summed E-state index contributed by atoms with van der Waals surface area (Å²) >= 11 is 0. The number of rotatable bonds is 6. The molecule has 0 aromatic rings. The fraction of sp³-hybridized carbons (Fsp3) is 0.714. The second-order valence-electron chi connectivity index (χ2n) is 2.00. The smallest absolute Gasteiger partial charge is 0.0799 e. The van der Waals surface area contributed by atoms with Crippen LogP contribution in [0.3, 0.4) is 0 Å². The molecule has 0 saturated carbocycles. The molecule has 54 valence electrons. The molecule has 0 rings (SSSR count). The van der Waals surface area contributed by atoms with Gasteiger partial charge in [-0.1, -0.05) is 19.3 Å². The Morgan fingerprint density at radius 2 is 1.22 bits per heavy atom. The van der Waals surface area contributed by atoms with Crippen LogP contribution in [0.5, 0.6) is 0 Å². The Hall–Kier alpha value is -0.0800.